The number of benzene rings is 1. The molecule has 1 spiro atoms. The molecule has 2 heterocycles. The van der Waals surface area contributed by atoms with Gasteiger partial charge in [0.25, 0.3) is 0 Å². The van der Waals surface area contributed by atoms with Crippen LogP contribution in [0.25, 0.3) is 0 Å². The average Bonchev–Trinajstić information content (AvgIpc) is 2.54. The number of morpholine rings is 1. The molecular formula is C16H22N2O3. The first kappa shape index (κ1) is 14.4. The summed E-state index contributed by atoms with van der Waals surface area (Å²) in [5.41, 5.74) is 0.917. The van der Waals surface area contributed by atoms with E-state index in [-0.39, 0.29) is 11.6 Å². The Kier molecular flexibility index (Phi) is 4.41. The van der Waals surface area contributed by atoms with Gasteiger partial charge in [0.1, 0.15) is 0 Å². The Labute approximate surface area is 125 Å². The first-order chi connectivity index (χ1) is 10.3. The van der Waals surface area contributed by atoms with E-state index in [1.165, 1.54) is 0 Å². The SMILES string of the molecule is O=C(NCc1ccccc1)N1CCOC2(CCOCC2)C1. The van der Waals surface area contributed by atoms with E-state index in [1.54, 1.807) is 0 Å². The standard InChI is InChI=1S/C16H22N2O3/c19-15(17-12-14-4-2-1-3-5-14)18-8-11-21-16(13-18)6-9-20-10-7-16/h1-5H,6-13H2,(H,17,19). The van der Waals surface area contributed by atoms with Gasteiger partial charge in [-0.2, -0.15) is 0 Å². The van der Waals surface area contributed by atoms with Gasteiger partial charge in [-0.1, -0.05) is 30.3 Å². The van der Waals surface area contributed by atoms with Crippen molar-refractivity contribution in [2.75, 3.05) is 32.9 Å². The molecule has 0 unspecified atom stereocenters. The molecule has 2 amide bonds. The predicted molar refractivity (Wildman–Crippen MR) is 79.0 cm³/mol. The summed E-state index contributed by atoms with van der Waals surface area (Å²) in [5.74, 6) is 0. The monoisotopic (exact) mass is 290 g/mol. The maximum atomic E-state index is 12.3. The first-order valence-electron chi connectivity index (χ1n) is 7.56. The Hall–Kier alpha value is -1.59. The molecule has 114 valence electrons. The Morgan fingerprint density at radius 2 is 1.95 bits per heavy atom. The number of urea groups is 1. The van der Waals surface area contributed by atoms with Crippen molar-refractivity contribution < 1.29 is 14.3 Å². The van der Waals surface area contributed by atoms with Gasteiger partial charge in [-0.05, 0) is 5.56 Å². The molecule has 1 aromatic carbocycles. The van der Waals surface area contributed by atoms with E-state index in [0.717, 1.165) is 31.6 Å². The molecule has 2 saturated heterocycles. The summed E-state index contributed by atoms with van der Waals surface area (Å²) in [4.78, 5) is 14.2. The van der Waals surface area contributed by atoms with Crippen LogP contribution in [0.3, 0.4) is 0 Å². The van der Waals surface area contributed by atoms with Gasteiger partial charge in [0.2, 0.25) is 0 Å². The highest BCUT2D eigenvalue weighted by atomic mass is 16.5. The number of amides is 2. The number of carbonyl (C=O) groups excluding carboxylic acids is 1. The molecule has 0 atom stereocenters. The zero-order chi connectivity index (χ0) is 14.5. The molecule has 2 aliphatic heterocycles. The Balaban J connectivity index is 1.54. The van der Waals surface area contributed by atoms with Crippen LogP contribution in [0.1, 0.15) is 18.4 Å². The van der Waals surface area contributed by atoms with E-state index in [1.807, 2.05) is 35.2 Å². The van der Waals surface area contributed by atoms with Crippen LogP contribution in [0.4, 0.5) is 4.79 Å². The van der Waals surface area contributed by atoms with Gasteiger partial charge in [0, 0.05) is 39.1 Å². The van der Waals surface area contributed by atoms with Crippen LogP contribution in [0.2, 0.25) is 0 Å². The van der Waals surface area contributed by atoms with Gasteiger partial charge in [-0.3, -0.25) is 0 Å². The van der Waals surface area contributed by atoms with E-state index in [2.05, 4.69) is 5.32 Å². The molecule has 1 N–H and O–H groups in total. The molecule has 21 heavy (non-hydrogen) atoms. The molecular weight excluding hydrogens is 268 g/mol. The molecule has 2 aliphatic rings. The maximum Gasteiger partial charge on any atom is 0.317 e. The maximum absolute atomic E-state index is 12.3. The average molecular weight is 290 g/mol. The minimum absolute atomic E-state index is 0.00646. The number of carbonyl (C=O) groups is 1. The zero-order valence-corrected chi connectivity index (χ0v) is 12.2. The van der Waals surface area contributed by atoms with Crippen LogP contribution >= 0.6 is 0 Å². The molecule has 3 rings (SSSR count). The van der Waals surface area contributed by atoms with E-state index in [0.29, 0.717) is 26.2 Å². The number of hydrogen-bond acceptors (Lipinski definition) is 3. The Bertz CT molecular complexity index is 466. The summed E-state index contributed by atoms with van der Waals surface area (Å²) in [5, 5.41) is 2.99. The number of hydrogen-bond donors (Lipinski definition) is 1. The largest absolute Gasteiger partial charge is 0.381 e. The third kappa shape index (κ3) is 3.54. The van der Waals surface area contributed by atoms with Crippen molar-refractivity contribution in [3.05, 3.63) is 35.9 Å². The zero-order valence-electron chi connectivity index (χ0n) is 12.2. The third-order valence-corrected chi connectivity index (χ3v) is 4.23. The van der Waals surface area contributed by atoms with Crippen molar-refractivity contribution in [1.29, 1.82) is 0 Å². The second-order valence-electron chi connectivity index (χ2n) is 5.71. The normalized spacial score (nSPS) is 21.2. The minimum atomic E-state index is -0.194. The summed E-state index contributed by atoms with van der Waals surface area (Å²) < 4.78 is 11.3. The highest BCUT2D eigenvalue weighted by molar-refractivity contribution is 5.74. The van der Waals surface area contributed by atoms with Crippen LogP contribution in [0.5, 0.6) is 0 Å². The van der Waals surface area contributed by atoms with Crippen molar-refractivity contribution >= 4 is 6.03 Å². The highest BCUT2D eigenvalue weighted by Crippen LogP contribution is 2.29. The second kappa shape index (κ2) is 6.45. The quantitative estimate of drug-likeness (QED) is 0.903. The summed E-state index contributed by atoms with van der Waals surface area (Å²) in [7, 11) is 0. The van der Waals surface area contributed by atoms with E-state index < -0.39 is 0 Å². The second-order valence-corrected chi connectivity index (χ2v) is 5.71. The summed E-state index contributed by atoms with van der Waals surface area (Å²) in [6.45, 7) is 3.94. The number of nitrogens with one attached hydrogen (secondary N) is 1. The fraction of sp³-hybridized carbons (Fsp3) is 0.562. The molecule has 0 radical (unpaired) electrons. The van der Waals surface area contributed by atoms with Gasteiger partial charge < -0.3 is 19.7 Å². The van der Waals surface area contributed by atoms with E-state index >= 15 is 0 Å². The Morgan fingerprint density at radius 1 is 1.19 bits per heavy atom. The van der Waals surface area contributed by atoms with Crippen LogP contribution in [0, 0.1) is 0 Å². The molecule has 0 saturated carbocycles. The molecule has 1 aromatic rings. The fourth-order valence-corrected chi connectivity index (χ4v) is 2.95. The summed E-state index contributed by atoms with van der Waals surface area (Å²) >= 11 is 0. The smallest absolute Gasteiger partial charge is 0.317 e. The Morgan fingerprint density at radius 3 is 2.71 bits per heavy atom. The number of rotatable bonds is 2. The highest BCUT2D eigenvalue weighted by Gasteiger charge is 2.39. The molecule has 5 heteroatoms. The van der Waals surface area contributed by atoms with Crippen LogP contribution < -0.4 is 5.32 Å². The van der Waals surface area contributed by atoms with E-state index in [4.69, 9.17) is 9.47 Å². The van der Waals surface area contributed by atoms with Crippen molar-refractivity contribution in [3.63, 3.8) is 0 Å². The predicted octanol–water partition coefficient (Wildman–Crippen LogP) is 1.78. The fourth-order valence-electron chi connectivity index (χ4n) is 2.95. The van der Waals surface area contributed by atoms with Crippen molar-refractivity contribution in [1.82, 2.24) is 10.2 Å². The van der Waals surface area contributed by atoms with Crippen molar-refractivity contribution in [2.24, 2.45) is 0 Å². The molecule has 2 fully saturated rings. The summed E-state index contributed by atoms with van der Waals surface area (Å²) in [6.07, 6.45) is 1.74. The lowest BCUT2D eigenvalue weighted by atomic mass is 9.92. The van der Waals surface area contributed by atoms with Crippen molar-refractivity contribution in [2.45, 2.75) is 25.0 Å². The van der Waals surface area contributed by atoms with Crippen LogP contribution in [0.15, 0.2) is 30.3 Å². The topological polar surface area (TPSA) is 50.8 Å². The van der Waals surface area contributed by atoms with Gasteiger partial charge in [0.15, 0.2) is 0 Å². The molecule has 0 bridgehead atoms. The summed E-state index contributed by atoms with van der Waals surface area (Å²) in [6, 6.07) is 9.95. The van der Waals surface area contributed by atoms with Crippen LogP contribution in [-0.2, 0) is 16.0 Å². The van der Waals surface area contributed by atoms with Gasteiger partial charge in [-0.15, -0.1) is 0 Å². The van der Waals surface area contributed by atoms with Gasteiger partial charge in [-0.25, -0.2) is 4.79 Å². The molecule has 0 aliphatic carbocycles. The van der Waals surface area contributed by atoms with Gasteiger partial charge >= 0.3 is 6.03 Å². The first-order valence-corrected chi connectivity index (χ1v) is 7.56. The molecule has 0 aromatic heterocycles. The molecule has 5 nitrogen and oxygen atoms in total. The number of nitrogens with zero attached hydrogens (tertiary/aromatic N) is 1. The van der Waals surface area contributed by atoms with Crippen molar-refractivity contribution in [3.8, 4) is 0 Å². The van der Waals surface area contributed by atoms with Gasteiger partial charge in [0.05, 0.1) is 18.8 Å². The lowest BCUT2D eigenvalue weighted by Gasteiger charge is -2.44. The van der Waals surface area contributed by atoms with Crippen LogP contribution in [-0.4, -0.2) is 49.4 Å². The van der Waals surface area contributed by atoms with E-state index in [9.17, 15) is 4.79 Å². The number of ether oxygens (including phenoxy) is 2. The lowest BCUT2D eigenvalue weighted by molar-refractivity contribution is -0.145. The third-order valence-electron chi connectivity index (χ3n) is 4.23. The minimum Gasteiger partial charge on any atom is -0.381 e. The lowest BCUT2D eigenvalue weighted by Crippen LogP contribution is -2.57.